The maximum Gasteiger partial charge on any atom is 0.221 e. The van der Waals surface area contributed by atoms with Crippen molar-refractivity contribution in [3.8, 4) is 0 Å². The summed E-state index contributed by atoms with van der Waals surface area (Å²) < 4.78 is 23.9. The number of hydrogen-bond donors (Lipinski definition) is 2. The molecule has 1 amide bonds. The Bertz CT molecular complexity index is 651. The van der Waals surface area contributed by atoms with E-state index < -0.39 is 9.84 Å². The van der Waals surface area contributed by atoms with Crippen LogP contribution >= 0.6 is 0 Å². The van der Waals surface area contributed by atoms with Gasteiger partial charge in [-0.05, 0) is 12.1 Å². The van der Waals surface area contributed by atoms with Gasteiger partial charge in [-0.3, -0.25) is 4.79 Å². The Hall–Kier alpha value is -2.15. The van der Waals surface area contributed by atoms with Gasteiger partial charge in [-0.1, -0.05) is 18.2 Å². The maximum absolute atomic E-state index is 12.0. The largest absolute Gasteiger partial charge is 0.349 e. The summed E-state index contributed by atoms with van der Waals surface area (Å²) in [5.41, 5.74) is 0. The summed E-state index contributed by atoms with van der Waals surface area (Å²) >= 11 is 0. The number of nitrogens with zero attached hydrogens (tertiary/aromatic N) is 1. The zero-order valence-electron chi connectivity index (χ0n) is 10.7. The van der Waals surface area contributed by atoms with Gasteiger partial charge < -0.3 is 10.3 Å². The van der Waals surface area contributed by atoms with Gasteiger partial charge in [0.05, 0.1) is 17.2 Å². The molecule has 2 N–H and O–H groups in total. The number of H-pyrrole nitrogens is 1. The number of rotatable bonds is 6. The molecule has 0 unspecified atom stereocenters. The lowest BCUT2D eigenvalue weighted by Crippen LogP contribution is -2.25. The van der Waals surface area contributed by atoms with E-state index >= 15 is 0 Å². The standard InChI is InChI=1S/C13H15N3O3S/c17-13(16-10-12-14-7-8-15-12)6-9-20(18,19)11-4-2-1-3-5-11/h1-5,7-8H,6,9-10H2,(H,14,15)(H,16,17). The highest BCUT2D eigenvalue weighted by Crippen LogP contribution is 2.10. The van der Waals surface area contributed by atoms with Crippen LogP contribution < -0.4 is 5.32 Å². The molecule has 2 rings (SSSR count). The molecule has 0 spiro atoms. The second-order valence-electron chi connectivity index (χ2n) is 4.19. The number of carbonyl (C=O) groups is 1. The third-order valence-electron chi connectivity index (χ3n) is 2.71. The van der Waals surface area contributed by atoms with Crippen LogP contribution in [-0.2, 0) is 21.2 Å². The van der Waals surface area contributed by atoms with Crippen LogP contribution in [0.2, 0.25) is 0 Å². The highest BCUT2D eigenvalue weighted by Gasteiger charge is 2.15. The third-order valence-corrected chi connectivity index (χ3v) is 4.44. The van der Waals surface area contributed by atoms with E-state index in [1.807, 2.05) is 0 Å². The number of imidazole rings is 1. The van der Waals surface area contributed by atoms with Crippen LogP contribution in [0.4, 0.5) is 0 Å². The summed E-state index contributed by atoms with van der Waals surface area (Å²) in [6, 6.07) is 8.11. The molecular weight excluding hydrogens is 278 g/mol. The van der Waals surface area contributed by atoms with Crippen LogP contribution in [0.5, 0.6) is 0 Å². The summed E-state index contributed by atoms with van der Waals surface area (Å²) in [6.07, 6.45) is 3.17. The van der Waals surface area contributed by atoms with Crippen LogP contribution in [0.3, 0.4) is 0 Å². The average Bonchev–Trinajstić information content (AvgIpc) is 2.97. The Labute approximate surface area is 117 Å². The van der Waals surface area contributed by atoms with Crippen molar-refractivity contribution in [2.75, 3.05) is 5.75 Å². The first-order chi connectivity index (χ1) is 9.58. The number of carbonyl (C=O) groups excluding carboxylic acids is 1. The Morgan fingerprint density at radius 1 is 1.25 bits per heavy atom. The molecular formula is C13H15N3O3S. The lowest BCUT2D eigenvalue weighted by molar-refractivity contribution is -0.120. The van der Waals surface area contributed by atoms with E-state index in [-0.39, 0.29) is 29.5 Å². The summed E-state index contributed by atoms with van der Waals surface area (Å²) in [7, 11) is -3.41. The van der Waals surface area contributed by atoms with Crippen molar-refractivity contribution in [1.82, 2.24) is 15.3 Å². The SMILES string of the molecule is O=C(CCS(=O)(=O)c1ccccc1)NCc1ncc[nH]1. The lowest BCUT2D eigenvalue weighted by atomic mass is 10.4. The van der Waals surface area contributed by atoms with Gasteiger partial charge >= 0.3 is 0 Å². The minimum absolute atomic E-state index is 0.0715. The van der Waals surface area contributed by atoms with E-state index in [0.717, 1.165) is 0 Å². The molecule has 0 atom stereocenters. The van der Waals surface area contributed by atoms with Gasteiger partial charge in [0.25, 0.3) is 0 Å². The van der Waals surface area contributed by atoms with E-state index in [1.165, 1.54) is 12.1 Å². The van der Waals surface area contributed by atoms with Gasteiger partial charge in [0.1, 0.15) is 5.82 Å². The van der Waals surface area contributed by atoms with Crippen molar-refractivity contribution in [3.63, 3.8) is 0 Å². The zero-order valence-corrected chi connectivity index (χ0v) is 11.6. The Kier molecular flexibility index (Phi) is 4.52. The van der Waals surface area contributed by atoms with E-state index in [1.54, 1.807) is 30.6 Å². The monoisotopic (exact) mass is 293 g/mol. The number of benzene rings is 1. The van der Waals surface area contributed by atoms with Crippen molar-refractivity contribution >= 4 is 15.7 Å². The van der Waals surface area contributed by atoms with Gasteiger partial charge in [0.15, 0.2) is 9.84 Å². The van der Waals surface area contributed by atoms with Crippen molar-refractivity contribution in [2.24, 2.45) is 0 Å². The second-order valence-corrected chi connectivity index (χ2v) is 6.30. The molecule has 0 aliphatic carbocycles. The van der Waals surface area contributed by atoms with Gasteiger partial charge in [-0.25, -0.2) is 13.4 Å². The first kappa shape index (κ1) is 14.3. The normalized spacial score (nSPS) is 11.2. The van der Waals surface area contributed by atoms with Crippen molar-refractivity contribution in [3.05, 3.63) is 48.5 Å². The quantitative estimate of drug-likeness (QED) is 0.827. The van der Waals surface area contributed by atoms with Gasteiger partial charge in [-0.2, -0.15) is 0 Å². The maximum atomic E-state index is 12.0. The molecule has 0 aliphatic heterocycles. The summed E-state index contributed by atoms with van der Waals surface area (Å²) in [5, 5.41) is 2.61. The van der Waals surface area contributed by atoms with Crippen LogP contribution in [0, 0.1) is 0 Å². The minimum atomic E-state index is -3.41. The number of aromatic nitrogens is 2. The highest BCUT2D eigenvalue weighted by atomic mass is 32.2. The lowest BCUT2D eigenvalue weighted by Gasteiger charge is -2.05. The van der Waals surface area contributed by atoms with E-state index in [0.29, 0.717) is 5.82 Å². The number of amides is 1. The van der Waals surface area contributed by atoms with E-state index in [2.05, 4.69) is 15.3 Å². The molecule has 1 heterocycles. The first-order valence-electron chi connectivity index (χ1n) is 6.11. The van der Waals surface area contributed by atoms with Gasteiger partial charge in [-0.15, -0.1) is 0 Å². The first-order valence-corrected chi connectivity index (χ1v) is 7.76. The number of nitrogens with one attached hydrogen (secondary N) is 2. The smallest absolute Gasteiger partial charge is 0.221 e. The Morgan fingerprint density at radius 3 is 2.65 bits per heavy atom. The number of hydrogen-bond acceptors (Lipinski definition) is 4. The third kappa shape index (κ3) is 3.92. The van der Waals surface area contributed by atoms with Crippen LogP contribution in [-0.4, -0.2) is 30.0 Å². The molecule has 6 nitrogen and oxygen atoms in total. The number of aromatic amines is 1. The molecule has 0 radical (unpaired) electrons. The van der Waals surface area contributed by atoms with Crippen LogP contribution in [0.1, 0.15) is 12.2 Å². The molecule has 0 saturated carbocycles. The molecule has 0 saturated heterocycles. The average molecular weight is 293 g/mol. The molecule has 20 heavy (non-hydrogen) atoms. The minimum Gasteiger partial charge on any atom is -0.349 e. The summed E-state index contributed by atoms with van der Waals surface area (Å²) in [5.74, 6) is 0.103. The highest BCUT2D eigenvalue weighted by molar-refractivity contribution is 7.91. The van der Waals surface area contributed by atoms with Crippen molar-refractivity contribution in [1.29, 1.82) is 0 Å². The topological polar surface area (TPSA) is 91.9 Å². The molecule has 0 fully saturated rings. The fourth-order valence-corrected chi connectivity index (χ4v) is 2.90. The summed E-state index contributed by atoms with van der Waals surface area (Å²) in [6.45, 7) is 0.261. The molecule has 7 heteroatoms. The van der Waals surface area contributed by atoms with Gasteiger partial charge in [0.2, 0.25) is 5.91 Å². The zero-order chi connectivity index (χ0) is 14.4. The fraction of sp³-hybridized carbons (Fsp3) is 0.231. The summed E-state index contributed by atoms with van der Waals surface area (Å²) in [4.78, 5) is 18.6. The van der Waals surface area contributed by atoms with E-state index in [9.17, 15) is 13.2 Å². The molecule has 2 aromatic rings. The number of sulfone groups is 1. The molecule has 106 valence electrons. The van der Waals surface area contributed by atoms with Crippen molar-refractivity contribution < 1.29 is 13.2 Å². The van der Waals surface area contributed by atoms with Crippen LogP contribution in [0.25, 0.3) is 0 Å². The Balaban J connectivity index is 1.84. The second kappa shape index (κ2) is 6.33. The van der Waals surface area contributed by atoms with E-state index in [4.69, 9.17) is 0 Å². The molecule has 0 aliphatic rings. The van der Waals surface area contributed by atoms with Crippen molar-refractivity contribution in [2.45, 2.75) is 17.9 Å². The molecule has 0 bridgehead atoms. The molecule has 1 aromatic heterocycles. The Morgan fingerprint density at radius 2 is 2.00 bits per heavy atom. The predicted molar refractivity (Wildman–Crippen MR) is 73.5 cm³/mol. The molecule has 1 aromatic carbocycles. The fourth-order valence-electron chi connectivity index (χ4n) is 1.64. The van der Waals surface area contributed by atoms with Crippen LogP contribution in [0.15, 0.2) is 47.6 Å². The van der Waals surface area contributed by atoms with Gasteiger partial charge in [0, 0.05) is 18.8 Å². The predicted octanol–water partition coefficient (Wildman–Crippen LogP) is 0.890.